The lowest BCUT2D eigenvalue weighted by Gasteiger charge is -2.16. The largest absolute Gasteiger partial charge is 0.488 e. The Balaban J connectivity index is 1.94. The van der Waals surface area contributed by atoms with Crippen molar-refractivity contribution in [3.8, 4) is 5.75 Å². The third-order valence-corrected chi connectivity index (χ3v) is 4.57. The first-order chi connectivity index (χ1) is 10.5. The fourth-order valence-corrected chi connectivity index (χ4v) is 2.55. The van der Waals surface area contributed by atoms with E-state index in [1.165, 1.54) is 6.07 Å². The molecule has 0 heterocycles. The van der Waals surface area contributed by atoms with E-state index >= 15 is 0 Å². The summed E-state index contributed by atoms with van der Waals surface area (Å²) < 4.78 is 19.8. The molecule has 1 atom stereocenters. The van der Waals surface area contributed by atoms with Gasteiger partial charge in [0.1, 0.15) is 6.61 Å². The fourth-order valence-electron chi connectivity index (χ4n) is 1.94. The molecular formula is C17H17FINO2. The molecule has 0 aliphatic carbocycles. The summed E-state index contributed by atoms with van der Waals surface area (Å²) in [5.41, 5.74) is 1.70. The van der Waals surface area contributed by atoms with Gasteiger partial charge in [-0.15, -0.1) is 0 Å². The summed E-state index contributed by atoms with van der Waals surface area (Å²) in [5.74, 6) is -0.374. The van der Waals surface area contributed by atoms with E-state index in [1.807, 2.05) is 26.0 Å². The quantitative estimate of drug-likeness (QED) is 0.755. The zero-order valence-electron chi connectivity index (χ0n) is 12.4. The van der Waals surface area contributed by atoms with Gasteiger partial charge in [0, 0.05) is 3.57 Å². The number of rotatable bonds is 5. The molecule has 0 aliphatic rings. The van der Waals surface area contributed by atoms with Crippen molar-refractivity contribution in [2.75, 3.05) is 6.61 Å². The van der Waals surface area contributed by atoms with Crippen LogP contribution in [0.5, 0.6) is 5.75 Å². The van der Waals surface area contributed by atoms with E-state index in [0.717, 1.165) is 9.13 Å². The summed E-state index contributed by atoms with van der Waals surface area (Å²) in [6.45, 7) is 3.99. The highest BCUT2D eigenvalue weighted by Gasteiger charge is 2.14. The van der Waals surface area contributed by atoms with Crippen molar-refractivity contribution in [1.29, 1.82) is 0 Å². The number of hydrogen-bond acceptors (Lipinski definition) is 2. The zero-order valence-corrected chi connectivity index (χ0v) is 14.6. The van der Waals surface area contributed by atoms with Gasteiger partial charge in [-0.25, -0.2) is 4.39 Å². The molecule has 0 fully saturated rings. The van der Waals surface area contributed by atoms with Crippen molar-refractivity contribution in [3.05, 3.63) is 63.0 Å². The Bertz CT molecular complexity index is 675. The van der Waals surface area contributed by atoms with Crippen LogP contribution in [-0.2, 0) is 0 Å². The number of carbonyl (C=O) groups excluding carboxylic acids is 1. The molecule has 0 aliphatic heterocycles. The predicted molar refractivity (Wildman–Crippen MR) is 92.7 cm³/mol. The molecule has 22 heavy (non-hydrogen) atoms. The predicted octanol–water partition coefficient (Wildman–Crippen LogP) is 3.94. The second kappa shape index (κ2) is 7.58. The maximum atomic E-state index is 13.5. The number of hydrogen-bond donors (Lipinski definition) is 1. The molecule has 116 valence electrons. The summed E-state index contributed by atoms with van der Waals surface area (Å²) in [6, 6.07) is 11.6. The van der Waals surface area contributed by atoms with E-state index in [2.05, 4.69) is 27.9 Å². The molecular weight excluding hydrogens is 396 g/mol. The van der Waals surface area contributed by atoms with Crippen LogP contribution in [0.1, 0.15) is 22.8 Å². The van der Waals surface area contributed by atoms with Crippen LogP contribution < -0.4 is 10.1 Å². The average molecular weight is 413 g/mol. The van der Waals surface area contributed by atoms with Crippen molar-refractivity contribution in [2.24, 2.45) is 0 Å². The number of nitrogens with one attached hydrogen (secondary N) is 1. The van der Waals surface area contributed by atoms with Gasteiger partial charge in [-0.05, 0) is 60.2 Å². The Morgan fingerprint density at radius 3 is 2.73 bits per heavy atom. The van der Waals surface area contributed by atoms with E-state index in [9.17, 15) is 9.18 Å². The average Bonchev–Trinajstić information content (AvgIpc) is 2.49. The van der Waals surface area contributed by atoms with Gasteiger partial charge < -0.3 is 10.1 Å². The number of aryl methyl sites for hydroxylation is 1. The molecule has 2 aromatic carbocycles. The molecule has 1 amide bonds. The van der Waals surface area contributed by atoms with Crippen LogP contribution in [-0.4, -0.2) is 18.6 Å². The second-order valence-electron chi connectivity index (χ2n) is 5.05. The van der Waals surface area contributed by atoms with Crippen molar-refractivity contribution >= 4 is 28.5 Å². The summed E-state index contributed by atoms with van der Waals surface area (Å²) in [4.78, 5) is 12.3. The molecule has 0 spiro atoms. The van der Waals surface area contributed by atoms with E-state index in [4.69, 9.17) is 4.74 Å². The monoisotopic (exact) mass is 413 g/mol. The maximum Gasteiger partial charge on any atom is 0.252 e. The van der Waals surface area contributed by atoms with Gasteiger partial charge in [0.15, 0.2) is 11.6 Å². The molecule has 0 aromatic heterocycles. The normalized spacial score (nSPS) is 11.8. The van der Waals surface area contributed by atoms with Gasteiger partial charge in [0.2, 0.25) is 0 Å². The molecule has 0 saturated heterocycles. The standard InChI is InChI=1S/C17H17FINO2/c1-11-6-5-7-13(16(11)19)17(21)20-12(2)10-22-15-9-4-3-8-14(15)18/h3-9,12H,10H2,1-2H3,(H,20,21). The molecule has 1 unspecified atom stereocenters. The Morgan fingerprint density at radius 2 is 2.00 bits per heavy atom. The van der Waals surface area contributed by atoms with Crippen LogP contribution >= 0.6 is 22.6 Å². The SMILES string of the molecule is Cc1cccc(C(=O)NC(C)COc2ccccc2F)c1I. The smallest absolute Gasteiger partial charge is 0.252 e. The minimum absolute atomic E-state index is 0.155. The highest BCUT2D eigenvalue weighted by atomic mass is 127. The van der Waals surface area contributed by atoms with Gasteiger partial charge in [-0.3, -0.25) is 4.79 Å². The van der Waals surface area contributed by atoms with Crippen LogP contribution in [0.3, 0.4) is 0 Å². The lowest BCUT2D eigenvalue weighted by Crippen LogP contribution is -2.37. The highest BCUT2D eigenvalue weighted by molar-refractivity contribution is 14.1. The number of ether oxygens (including phenoxy) is 1. The third kappa shape index (κ3) is 4.19. The Hall–Kier alpha value is -1.63. The van der Waals surface area contributed by atoms with E-state index in [0.29, 0.717) is 5.56 Å². The van der Waals surface area contributed by atoms with Crippen molar-refractivity contribution in [1.82, 2.24) is 5.32 Å². The van der Waals surface area contributed by atoms with Crippen molar-refractivity contribution in [2.45, 2.75) is 19.9 Å². The van der Waals surface area contributed by atoms with Crippen LogP contribution in [0.15, 0.2) is 42.5 Å². The third-order valence-electron chi connectivity index (χ3n) is 3.14. The fraction of sp³-hybridized carbons (Fsp3) is 0.235. The number of amides is 1. The van der Waals surface area contributed by atoms with E-state index < -0.39 is 5.82 Å². The first-order valence-corrected chi connectivity index (χ1v) is 8.00. The van der Waals surface area contributed by atoms with Crippen LogP contribution in [0, 0.1) is 16.3 Å². The van der Waals surface area contributed by atoms with Crippen LogP contribution in [0.25, 0.3) is 0 Å². The summed E-state index contributed by atoms with van der Waals surface area (Å²) in [5, 5.41) is 2.86. The van der Waals surface area contributed by atoms with Crippen LogP contribution in [0.4, 0.5) is 4.39 Å². The van der Waals surface area contributed by atoms with Gasteiger partial charge in [0.05, 0.1) is 11.6 Å². The van der Waals surface area contributed by atoms with E-state index in [-0.39, 0.29) is 24.3 Å². The number of para-hydroxylation sites is 1. The Labute approximate surface area is 143 Å². The van der Waals surface area contributed by atoms with Gasteiger partial charge in [-0.2, -0.15) is 0 Å². The van der Waals surface area contributed by atoms with E-state index in [1.54, 1.807) is 24.3 Å². The number of benzene rings is 2. The Morgan fingerprint density at radius 1 is 1.27 bits per heavy atom. The first-order valence-electron chi connectivity index (χ1n) is 6.92. The molecule has 2 aromatic rings. The number of carbonyl (C=O) groups is 1. The van der Waals surface area contributed by atoms with Gasteiger partial charge in [0.25, 0.3) is 5.91 Å². The number of halogens is 2. The molecule has 0 radical (unpaired) electrons. The molecule has 2 rings (SSSR count). The highest BCUT2D eigenvalue weighted by Crippen LogP contribution is 2.17. The lowest BCUT2D eigenvalue weighted by atomic mass is 10.1. The topological polar surface area (TPSA) is 38.3 Å². The first kappa shape index (κ1) is 16.7. The molecule has 1 N–H and O–H groups in total. The maximum absolute atomic E-state index is 13.5. The molecule has 5 heteroatoms. The minimum atomic E-state index is -0.408. The van der Waals surface area contributed by atoms with Crippen molar-refractivity contribution < 1.29 is 13.9 Å². The minimum Gasteiger partial charge on any atom is -0.488 e. The van der Waals surface area contributed by atoms with Crippen molar-refractivity contribution in [3.63, 3.8) is 0 Å². The zero-order chi connectivity index (χ0) is 16.1. The summed E-state index contributed by atoms with van der Waals surface area (Å²) in [7, 11) is 0. The van der Waals surface area contributed by atoms with Crippen LogP contribution in [0.2, 0.25) is 0 Å². The van der Waals surface area contributed by atoms with Gasteiger partial charge >= 0.3 is 0 Å². The molecule has 0 saturated carbocycles. The summed E-state index contributed by atoms with van der Waals surface area (Å²) in [6.07, 6.45) is 0. The second-order valence-corrected chi connectivity index (χ2v) is 6.13. The molecule has 0 bridgehead atoms. The lowest BCUT2D eigenvalue weighted by molar-refractivity contribution is 0.0925. The summed E-state index contributed by atoms with van der Waals surface area (Å²) >= 11 is 2.16. The van der Waals surface area contributed by atoms with Gasteiger partial charge in [-0.1, -0.05) is 24.3 Å². The molecule has 3 nitrogen and oxygen atoms in total. The Kier molecular flexibility index (Phi) is 5.76.